The van der Waals surface area contributed by atoms with Crippen LogP contribution in [0.5, 0.6) is 11.5 Å². The van der Waals surface area contributed by atoms with Gasteiger partial charge in [0.05, 0.1) is 18.6 Å². The fourth-order valence-corrected chi connectivity index (χ4v) is 8.63. The number of fused-ring (bicyclic) bond motifs is 1. The van der Waals surface area contributed by atoms with Crippen LogP contribution in [0.25, 0.3) is 11.1 Å². The lowest BCUT2D eigenvalue weighted by Crippen LogP contribution is -2.56. The van der Waals surface area contributed by atoms with Gasteiger partial charge in [0, 0.05) is 29.2 Å². The Morgan fingerprint density at radius 2 is 1.60 bits per heavy atom. The molecule has 3 aliphatic rings. The van der Waals surface area contributed by atoms with Crippen LogP contribution in [0, 0.1) is 17.8 Å². The van der Waals surface area contributed by atoms with Gasteiger partial charge in [0.1, 0.15) is 11.5 Å². The molecule has 3 fully saturated rings. The molecule has 0 bridgehead atoms. The van der Waals surface area contributed by atoms with Crippen LogP contribution < -0.4 is 14.2 Å². The summed E-state index contributed by atoms with van der Waals surface area (Å²) >= 11 is 6.03. The Morgan fingerprint density at radius 3 is 2.23 bits per heavy atom. The van der Waals surface area contributed by atoms with Crippen LogP contribution in [0.15, 0.2) is 71.6 Å². The number of benzene rings is 3. The third-order valence-electron chi connectivity index (χ3n) is 10.0. The minimum Gasteiger partial charge on any atom is -0.496 e. The van der Waals surface area contributed by atoms with Crippen molar-refractivity contribution < 1.29 is 31.5 Å². The summed E-state index contributed by atoms with van der Waals surface area (Å²) in [6.45, 7) is 1.22. The number of carbonyl (C=O) groups is 1. The molecule has 1 saturated heterocycles. The number of hydrogen-bond acceptors (Lipinski definition) is 5. The number of alkyl halides is 2. The number of hydrogen-bond donors (Lipinski definition) is 1. The second kappa shape index (κ2) is 14.1. The lowest BCUT2D eigenvalue weighted by molar-refractivity contribution is -0.143. The first kappa shape index (κ1) is 33.7. The van der Waals surface area contributed by atoms with Crippen LogP contribution in [-0.4, -0.2) is 52.1 Å². The van der Waals surface area contributed by atoms with Crippen LogP contribution in [0.1, 0.15) is 56.9 Å². The summed E-state index contributed by atoms with van der Waals surface area (Å²) in [5, 5.41) is 0.525. The molecule has 11 heteroatoms. The largest absolute Gasteiger partial charge is 0.496 e. The summed E-state index contributed by atoms with van der Waals surface area (Å²) in [4.78, 5) is 15.1. The highest BCUT2D eigenvalue weighted by Crippen LogP contribution is 2.42. The smallest absolute Gasteiger partial charge is 0.298 e. The van der Waals surface area contributed by atoms with Crippen LogP contribution in [-0.2, 0) is 20.7 Å². The quantitative estimate of drug-likeness (QED) is 0.224. The van der Waals surface area contributed by atoms with E-state index < -0.39 is 33.5 Å². The number of likely N-dealkylation sites (tertiary alicyclic amines) is 1. The number of methoxy groups -OCH3 is 1. The Labute approximate surface area is 280 Å². The highest BCUT2D eigenvalue weighted by atomic mass is 35.5. The number of nitrogens with one attached hydrogen (secondary N) is 1. The fraction of sp³-hybridized carbons (Fsp3) is 0.472. The van der Waals surface area contributed by atoms with Crippen LogP contribution >= 0.6 is 11.6 Å². The van der Waals surface area contributed by atoms with Crippen LogP contribution in [0.2, 0.25) is 5.02 Å². The normalized spacial score (nSPS) is 21.0. The monoisotopic (exact) mass is 686 g/mol. The molecule has 252 valence electrons. The molecule has 2 saturated carbocycles. The maximum Gasteiger partial charge on any atom is 0.298 e. The van der Waals surface area contributed by atoms with Gasteiger partial charge < -0.3 is 14.4 Å². The van der Waals surface area contributed by atoms with E-state index in [2.05, 4.69) is 4.72 Å². The molecule has 0 radical (unpaired) electrons. The summed E-state index contributed by atoms with van der Waals surface area (Å²) in [6, 6.07) is 14.0. The summed E-state index contributed by atoms with van der Waals surface area (Å²) in [6.07, 6.45) is 8.71. The molecule has 3 aromatic carbocycles. The Kier molecular flexibility index (Phi) is 10.1. The van der Waals surface area contributed by atoms with E-state index in [-0.39, 0.29) is 22.5 Å². The van der Waals surface area contributed by atoms with Crippen molar-refractivity contribution in [1.82, 2.24) is 9.62 Å². The predicted octanol–water partition coefficient (Wildman–Crippen LogP) is 7.67. The highest BCUT2D eigenvalue weighted by molar-refractivity contribution is 7.89. The van der Waals surface area contributed by atoms with Gasteiger partial charge in [0.15, 0.2) is 6.04 Å². The standard InChI is InChI=1S/C36H41ClF2N2O5S/c1-45-33-20-28(12-19-32(33)25-10-13-29(37)14-11-25)36(38,39)34(35(42)41-21-26-8-5-9-27(26)22-41)40-47(43,44)31-17-15-30(16-18-31)46-23-24-6-3-2-4-7-24/h10-20,24,26-27,34,40H,2-9,21-23H2,1H3/t26-,27+,34-/m0/s1. The van der Waals surface area contributed by atoms with E-state index in [0.29, 0.717) is 47.5 Å². The molecule has 1 amide bonds. The number of ether oxygens (including phenoxy) is 2. The van der Waals surface area contributed by atoms with E-state index in [1.807, 2.05) is 0 Å². The maximum absolute atomic E-state index is 16.6. The number of rotatable bonds is 11. The molecule has 47 heavy (non-hydrogen) atoms. The van der Waals surface area contributed by atoms with Crippen molar-refractivity contribution in [3.05, 3.63) is 77.3 Å². The van der Waals surface area contributed by atoms with Crippen LogP contribution in [0.3, 0.4) is 0 Å². The maximum atomic E-state index is 16.6. The van der Waals surface area contributed by atoms with Gasteiger partial charge in [-0.3, -0.25) is 4.79 Å². The van der Waals surface area contributed by atoms with E-state index in [1.165, 1.54) is 67.7 Å². The Morgan fingerprint density at radius 1 is 0.936 bits per heavy atom. The number of carbonyl (C=O) groups excluding carboxylic acids is 1. The molecule has 3 aromatic rings. The minimum atomic E-state index is -4.54. The summed E-state index contributed by atoms with van der Waals surface area (Å²) in [7, 11) is -3.18. The van der Waals surface area contributed by atoms with E-state index in [1.54, 1.807) is 24.3 Å². The topological polar surface area (TPSA) is 84.9 Å². The molecule has 3 atom stereocenters. The number of amides is 1. The number of halogens is 3. The molecule has 0 unspecified atom stereocenters. The lowest BCUT2D eigenvalue weighted by Gasteiger charge is -2.31. The van der Waals surface area contributed by atoms with E-state index in [4.69, 9.17) is 21.1 Å². The zero-order valence-electron chi connectivity index (χ0n) is 26.5. The second-order valence-corrected chi connectivity index (χ2v) is 15.2. The Bertz CT molecular complexity index is 1650. The van der Waals surface area contributed by atoms with Crippen molar-refractivity contribution in [1.29, 1.82) is 0 Å². The van der Waals surface area contributed by atoms with Crippen molar-refractivity contribution in [2.45, 2.75) is 68.2 Å². The second-order valence-electron chi connectivity index (χ2n) is 13.1. The molecule has 6 rings (SSSR count). The fourth-order valence-electron chi connectivity index (χ4n) is 7.32. The molecule has 1 N–H and O–H groups in total. The molecule has 1 aliphatic heterocycles. The first-order chi connectivity index (χ1) is 22.5. The molecule has 0 aromatic heterocycles. The first-order valence-corrected chi connectivity index (χ1v) is 18.3. The Hall–Kier alpha value is -3.21. The van der Waals surface area contributed by atoms with Crippen molar-refractivity contribution in [3.8, 4) is 22.6 Å². The first-order valence-electron chi connectivity index (χ1n) is 16.4. The summed E-state index contributed by atoms with van der Waals surface area (Å²) < 4.78 is 74.1. The van der Waals surface area contributed by atoms with Crippen LogP contribution in [0.4, 0.5) is 8.78 Å². The lowest BCUT2D eigenvalue weighted by atomic mass is 9.90. The Balaban J connectivity index is 1.27. The van der Waals surface area contributed by atoms with Crippen molar-refractivity contribution in [3.63, 3.8) is 0 Å². The zero-order chi connectivity index (χ0) is 33.2. The molecule has 2 aliphatic carbocycles. The number of sulfonamides is 1. The average molecular weight is 687 g/mol. The van der Waals surface area contributed by atoms with Gasteiger partial charge in [0.2, 0.25) is 15.9 Å². The van der Waals surface area contributed by atoms with Gasteiger partial charge in [-0.15, -0.1) is 0 Å². The van der Waals surface area contributed by atoms with Gasteiger partial charge >= 0.3 is 0 Å². The zero-order valence-corrected chi connectivity index (χ0v) is 28.0. The van der Waals surface area contributed by atoms with Gasteiger partial charge in [0.25, 0.3) is 5.92 Å². The van der Waals surface area contributed by atoms with Gasteiger partial charge in [-0.05, 0) is 91.5 Å². The van der Waals surface area contributed by atoms with E-state index >= 15 is 8.78 Å². The van der Waals surface area contributed by atoms with Crippen molar-refractivity contribution in [2.24, 2.45) is 17.8 Å². The molecule has 1 heterocycles. The molecular formula is C36H41ClF2N2O5S. The summed E-state index contributed by atoms with van der Waals surface area (Å²) in [5.74, 6) is -3.26. The van der Waals surface area contributed by atoms with Gasteiger partial charge in [-0.2, -0.15) is 13.5 Å². The SMILES string of the molecule is COc1cc(C(F)(F)[C@@H](NS(=O)(=O)c2ccc(OCC3CCCCC3)cc2)C(=O)N2C[C@H]3CCC[C@H]3C2)ccc1-c1ccc(Cl)cc1. The van der Waals surface area contributed by atoms with Gasteiger partial charge in [-0.25, -0.2) is 8.42 Å². The third kappa shape index (κ3) is 7.44. The predicted molar refractivity (Wildman–Crippen MR) is 177 cm³/mol. The van der Waals surface area contributed by atoms with E-state index in [0.717, 1.165) is 38.2 Å². The third-order valence-corrected chi connectivity index (χ3v) is 11.7. The average Bonchev–Trinajstić information content (AvgIpc) is 3.70. The van der Waals surface area contributed by atoms with Gasteiger partial charge in [-0.1, -0.05) is 61.5 Å². The molecular weight excluding hydrogens is 646 g/mol. The summed E-state index contributed by atoms with van der Waals surface area (Å²) in [5.41, 5.74) is 0.702. The molecule has 0 spiro atoms. The van der Waals surface area contributed by atoms with Crippen molar-refractivity contribution in [2.75, 3.05) is 26.8 Å². The van der Waals surface area contributed by atoms with Crippen molar-refractivity contribution >= 4 is 27.5 Å². The number of nitrogens with zero attached hydrogens (tertiary/aromatic N) is 1. The highest BCUT2D eigenvalue weighted by Gasteiger charge is 2.52. The minimum absolute atomic E-state index is 0.151. The van der Waals surface area contributed by atoms with E-state index in [9.17, 15) is 13.2 Å². The molecule has 7 nitrogen and oxygen atoms in total.